The molecule has 4 heteroatoms. The van der Waals surface area contributed by atoms with Gasteiger partial charge in [0.05, 0.1) is 0 Å². The molecule has 0 aliphatic heterocycles. The van der Waals surface area contributed by atoms with Crippen LogP contribution in [0.25, 0.3) is 0 Å². The molecule has 0 saturated carbocycles. The zero-order valence-electron chi connectivity index (χ0n) is 10.7. The molecule has 0 unspecified atom stereocenters. The van der Waals surface area contributed by atoms with E-state index in [0.29, 0.717) is 0 Å². The van der Waals surface area contributed by atoms with Gasteiger partial charge in [-0.3, -0.25) is 4.79 Å². The molecule has 0 aliphatic rings. The molecule has 3 nitrogen and oxygen atoms in total. The number of aliphatic carboxylic acids is 1. The van der Waals surface area contributed by atoms with Gasteiger partial charge in [-0.05, 0) is 0 Å². The average Bonchev–Trinajstić information content (AvgIpc) is 2.49. The van der Waals surface area contributed by atoms with Crippen LogP contribution in [0.15, 0.2) is 60.7 Å². The predicted octanol–water partition coefficient (Wildman–Crippen LogP) is 2.68. The van der Waals surface area contributed by atoms with Gasteiger partial charge >= 0.3 is 5.97 Å². The third-order valence-electron chi connectivity index (χ3n) is 2.37. The minimum Gasteiger partial charge on any atom is -0.481 e. The number of benzene rings is 2. The Balaban J connectivity index is 0.000000312. The molecule has 1 N–H and O–H groups in total. The van der Waals surface area contributed by atoms with Crippen molar-refractivity contribution in [2.24, 2.45) is 0 Å². The Morgan fingerprint density at radius 2 is 1.26 bits per heavy atom. The third kappa shape index (κ3) is 5.54. The predicted molar refractivity (Wildman–Crippen MR) is 79.1 cm³/mol. The van der Waals surface area contributed by atoms with E-state index >= 15 is 0 Å². The summed E-state index contributed by atoms with van der Waals surface area (Å²) in [4.78, 5) is 9.37. The molecular weight excluding hydrogens is 259 g/mol. The first-order chi connectivity index (χ1) is 9.15. The highest BCUT2D eigenvalue weighted by Crippen LogP contribution is 2.18. The van der Waals surface area contributed by atoms with Crippen molar-refractivity contribution < 1.29 is 14.5 Å². The van der Waals surface area contributed by atoms with Crippen molar-refractivity contribution in [1.82, 2.24) is 0 Å². The van der Waals surface area contributed by atoms with Crippen LogP contribution in [-0.4, -0.2) is 11.1 Å². The van der Waals surface area contributed by atoms with E-state index in [0.717, 1.165) is 10.6 Å². The van der Waals surface area contributed by atoms with Crippen molar-refractivity contribution in [3.63, 3.8) is 0 Å². The lowest BCUT2D eigenvalue weighted by atomic mass is 10.4. The van der Waals surface area contributed by atoms with E-state index < -0.39 is 13.8 Å². The second-order valence-corrected chi connectivity index (χ2v) is 5.62. The fourth-order valence-electron chi connectivity index (χ4n) is 1.35. The van der Waals surface area contributed by atoms with Crippen LogP contribution < -0.4 is 10.6 Å². The van der Waals surface area contributed by atoms with Crippen LogP contribution in [-0.2, 0) is 9.36 Å². The van der Waals surface area contributed by atoms with E-state index in [2.05, 4.69) is 0 Å². The number of hydrogen-bond acceptors (Lipinski definition) is 2. The Bertz CT molecular complexity index is 482. The van der Waals surface area contributed by atoms with E-state index in [4.69, 9.17) is 5.11 Å². The molecule has 0 amide bonds. The fraction of sp³-hybridized carbons (Fsp3) is 0.133. The van der Waals surface area contributed by atoms with Gasteiger partial charge in [0.25, 0.3) is 0 Å². The molecule has 0 heterocycles. The Hall–Kier alpha value is -1.86. The van der Waals surface area contributed by atoms with Crippen LogP contribution in [0.1, 0.15) is 13.3 Å². The normalized spacial score (nSPS) is 9.58. The molecule has 0 radical (unpaired) electrons. The Morgan fingerprint density at radius 3 is 1.53 bits per heavy atom. The summed E-state index contributed by atoms with van der Waals surface area (Å²) in [5.74, 6) is -0.745. The van der Waals surface area contributed by atoms with E-state index in [-0.39, 0.29) is 6.42 Å². The van der Waals surface area contributed by atoms with Crippen molar-refractivity contribution >= 4 is 24.4 Å². The molecule has 0 aromatic heterocycles. The van der Waals surface area contributed by atoms with E-state index in [1.807, 2.05) is 60.7 Å². The number of carbonyl (C=O) groups is 1. The van der Waals surface area contributed by atoms with Crippen molar-refractivity contribution in [2.45, 2.75) is 13.3 Å². The van der Waals surface area contributed by atoms with E-state index in [1.165, 1.54) is 0 Å². The quantitative estimate of drug-likeness (QED) is 0.877. The highest BCUT2D eigenvalue weighted by Gasteiger charge is 2.03. The van der Waals surface area contributed by atoms with Crippen LogP contribution in [0.3, 0.4) is 0 Å². The van der Waals surface area contributed by atoms with Crippen LogP contribution in [0.5, 0.6) is 0 Å². The van der Waals surface area contributed by atoms with Gasteiger partial charge in [0, 0.05) is 17.0 Å². The smallest absolute Gasteiger partial charge is 0.303 e. The zero-order valence-corrected chi connectivity index (χ0v) is 11.7. The number of carboxylic acid groups (broad SMARTS) is 1. The summed E-state index contributed by atoms with van der Waals surface area (Å²) in [5.41, 5.74) is 0. The Labute approximate surface area is 113 Å². The summed E-state index contributed by atoms with van der Waals surface area (Å²) >= 11 is 0. The summed E-state index contributed by atoms with van der Waals surface area (Å²) < 4.78 is 12.0. The van der Waals surface area contributed by atoms with Crippen molar-refractivity contribution in [2.75, 3.05) is 0 Å². The number of rotatable bonds is 3. The van der Waals surface area contributed by atoms with Crippen LogP contribution in [0.2, 0.25) is 0 Å². The summed E-state index contributed by atoms with van der Waals surface area (Å²) in [6.07, 6.45) is 0.222. The molecule has 19 heavy (non-hydrogen) atoms. The maximum atomic E-state index is 12.0. The lowest BCUT2D eigenvalue weighted by molar-refractivity contribution is -0.136. The van der Waals surface area contributed by atoms with Crippen molar-refractivity contribution in [3.8, 4) is 0 Å². The lowest BCUT2D eigenvalue weighted by Crippen LogP contribution is -2.04. The van der Waals surface area contributed by atoms with Gasteiger partial charge < -0.3 is 9.67 Å². The highest BCUT2D eigenvalue weighted by molar-refractivity contribution is 7.61. The molecule has 2 aromatic carbocycles. The minimum absolute atomic E-state index is 0.222. The molecule has 0 spiro atoms. The van der Waals surface area contributed by atoms with Gasteiger partial charge in [-0.1, -0.05) is 67.6 Å². The van der Waals surface area contributed by atoms with Crippen LogP contribution >= 0.6 is 7.80 Å². The second-order valence-electron chi connectivity index (χ2n) is 3.81. The van der Waals surface area contributed by atoms with E-state index in [1.54, 1.807) is 6.92 Å². The summed E-state index contributed by atoms with van der Waals surface area (Å²) in [5, 5.41) is 9.56. The fourth-order valence-corrected chi connectivity index (χ4v) is 2.67. The third-order valence-corrected chi connectivity index (χ3v) is 4.09. The summed E-state index contributed by atoms with van der Waals surface area (Å²) in [6.45, 7) is 1.60. The first kappa shape index (κ1) is 15.2. The number of carboxylic acids is 1. The Kier molecular flexibility index (Phi) is 6.62. The molecule has 0 atom stereocenters. The maximum absolute atomic E-state index is 12.0. The monoisotopic (exact) mass is 276 g/mol. The molecule has 0 aliphatic carbocycles. The SMILES string of the molecule is CCC(=O)O.O=[PH](c1ccccc1)c1ccccc1. The molecule has 100 valence electrons. The first-order valence-electron chi connectivity index (χ1n) is 6.01. The van der Waals surface area contributed by atoms with Crippen LogP contribution in [0.4, 0.5) is 0 Å². The Morgan fingerprint density at radius 1 is 0.947 bits per heavy atom. The van der Waals surface area contributed by atoms with Gasteiger partial charge in [0.1, 0.15) is 7.80 Å². The van der Waals surface area contributed by atoms with Gasteiger partial charge in [0.2, 0.25) is 0 Å². The lowest BCUT2D eigenvalue weighted by Gasteiger charge is -2.01. The van der Waals surface area contributed by atoms with Gasteiger partial charge in [-0.25, -0.2) is 0 Å². The molecule has 0 saturated heterocycles. The van der Waals surface area contributed by atoms with Crippen molar-refractivity contribution in [1.29, 1.82) is 0 Å². The van der Waals surface area contributed by atoms with Gasteiger partial charge in [0.15, 0.2) is 0 Å². The standard InChI is InChI=1S/C12H11OP.C3H6O2/c13-14(11-7-3-1-4-8-11)12-9-5-2-6-10-12;1-2-3(4)5/h1-10,14H;2H2,1H3,(H,4,5). The van der Waals surface area contributed by atoms with E-state index in [9.17, 15) is 9.36 Å². The summed E-state index contributed by atoms with van der Waals surface area (Å²) in [7, 11) is -1.79. The maximum Gasteiger partial charge on any atom is 0.303 e. The molecule has 2 aromatic rings. The molecule has 0 fully saturated rings. The van der Waals surface area contributed by atoms with Crippen LogP contribution in [0, 0.1) is 0 Å². The first-order valence-corrected chi connectivity index (χ1v) is 7.42. The molecule has 2 rings (SSSR count). The van der Waals surface area contributed by atoms with Gasteiger partial charge in [-0.15, -0.1) is 0 Å². The molecule has 0 bridgehead atoms. The van der Waals surface area contributed by atoms with Crippen molar-refractivity contribution in [3.05, 3.63) is 60.7 Å². The topological polar surface area (TPSA) is 54.4 Å². The highest BCUT2D eigenvalue weighted by atomic mass is 31.1. The van der Waals surface area contributed by atoms with Gasteiger partial charge in [-0.2, -0.15) is 0 Å². The largest absolute Gasteiger partial charge is 0.481 e. The number of hydrogen-bond donors (Lipinski definition) is 1. The average molecular weight is 276 g/mol. The summed E-state index contributed by atoms with van der Waals surface area (Å²) in [6, 6.07) is 19.2. The molecular formula is C15H17O3P. The zero-order chi connectivity index (χ0) is 14.1. The minimum atomic E-state index is -1.79. The second kappa shape index (κ2) is 8.28.